The quantitative estimate of drug-likeness (QED) is 0.239. The van der Waals surface area contributed by atoms with Crippen LogP contribution in [0.2, 0.25) is 0 Å². The number of rotatable bonds is 0. The predicted octanol–water partition coefficient (Wildman–Crippen LogP) is -5.65. The third-order valence-corrected chi connectivity index (χ3v) is 0. The Morgan fingerprint density at radius 2 is 0.667 bits per heavy atom. The van der Waals surface area contributed by atoms with Gasteiger partial charge >= 0.3 is 17.1 Å². The van der Waals surface area contributed by atoms with E-state index in [1.165, 1.54) is 0 Å². The first kappa shape index (κ1) is 23.5. The average molecular weight is 490 g/mol. The second kappa shape index (κ2) is 9.29. The molecule has 0 spiro atoms. The van der Waals surface area contributed by atoms with Crippen LogP contribution in [0.25, 0.3) is 0 Å². The molecule has 0 rings (SSSR count). The van der Waals surface area contributed by atoms with E-state index in [1.54, 1.807) is 0 Å². The molecular formula is FeO8P2Pu-4. The molecule has 0 heterocycles. The van der Waals surface area contributed by atoms with Crippen LogP contribution in [0.15, 0.2) is 0 Å². The van der Waals surface area contributed by atoms with Gasteiger partial charge in [-0.15, -0.1) is 0 Å². The van der Waals surface area contributed by atoms with Crippen LogP contribution >= 0.6 is 15.6 Å². The van der Waals surface area contributed by atoms with Crippen LogP contribution in [-0.2, 0) is 26.2 Å². The molecule has 0 saturated heterocycles. The first-order chi connectivity index (χ1) is 4.00. The Hall–Kier alpha value is 1.73. The van der Waals surface area contributed by atoms with Crippen molar-refractivity contribution < 1.29 is 84.7 Å². The van der Waals surface area contributed by atoms with E-state index >= 15 is 0 Å². The molecule has 0 atom stereocenters. The normalized spacial score (nSPS) is 9.83. The van der Waals surface area contributed by atoms with E-state index in [4.69, 9.17) is 38.5 Å². The molecule has 12 heavy (non-hydrogen) atoms. The molecule has 8 nitrogen and oxygen atoms in total. The van der Waals surface area contributed by atoms with Gasteiger partial charge < -0.3 is 38.5 Å². The summed E-state index contributed by atoms with van der Waals surface area (Å²) >= 11 is 0. The Balaban J connectivity index is -0.0000000457. The summed E-state index contributed by atoms with van der Waals surface area (Å²) in [5.41, 5.74) is 0. The van der Waals surface area contributed by atoms with E-state index in [2.05, 4.69) is 0 Å². The van der Waals surface area contributed by atoms with Crippen molar-refractivity contribution in [3.63, 3.8) is 0 Å². The summed E-state index contributed by atoms with van der Waals surface area (Å²) in [5, 5.41) is 0. The molecule has 0 amide bonds. The largest absolute Gasteiger partial charge is 2.00 e. The fourth-order valence-electron chi connectivity index (χ4n) is 0. The van der Waals surface area contributed by atoms with Crippen molar-refractivity contribution in [1.29, 1.82) is 0 Å². The Labute approximate surface area is 99.9 Å². The number of hydrogen-bond acceptors (Lipinski definition) is 8. The van der Waals surface area contributed by atoms with Crippen molar-refractivity contribution in [2.24, 2.45) is 0 Å². The monoisotopic (exact) mass is 484 g/mol. The van der Waals surface area contributed by atoms with E-state index < -0.39 is 15.6 Å². The van der Waals surface area contributed by atoms with Crippen LogP contribution in [0.1, 0.15) is 0 Å². The molecule has 0 unspecified atom stereocenters. The standard InChI is InChI=1S/Fe.2H3O4P.Pu/c;2*1-5(2,3)4;/h;2*(H3,1,2,3,4);/q+2;;;/p-6. The third kappa shape index (κ3) is 453. The molecule has 0 saturated carbocycles. The van der Waals surface area contributed by atoms with Gasteiger partial charge in [-0.2, -0.15) is 15.6 Å². The Morgan fingerprint density at radius 1 is 0.667 bits per heavy atom. The van der Waals surface area contributed by atoms with E-state index in [0.717, 1.165) is 0 Å². The molecular weight excluding hydrogens is 490 g/mol. The molecule has 0 aromatic carbocycles. The van der Waals surface area contributed by atoms with Crippen molar-refractivity contribution >= 4 is 15.6 Å². The van der Waals surface area contributed by atoms with Crippen molar-refractivity contribution in [2.75, 3.05) is 0 Å². The first-order valence-corrected chi connectivity index (χ1v) is 4.38. The fourth-order valence-corrected chi connectivity index (χ4v) is 0. The predicted molar refractivity (Wildman–Crippen MR) is 15.2 cm³/mol. The van der Waals surface area contributed by atoms with Crippen LogP contribution in [0.3, 0.4) is 0 Å². The van der Waals surface area contributed by atoms with Gasteiger partial charge in [-0.05, 0) is 0 Å². The molecule has 0 aromatic rings. The van der Waals surface area contributed by atoms with E-state index in [0.29, 0.717) is 0 Å². The van der Waals surface area contributed by atoms with Crippen LogP contribution < -0.4 is 29.4 Å². The SMILES string of the molecule is O=P([O-])([O-])[O-].O=P([O-])([O-])[O-].[Fe+2].[Pu]. The molecule has 0 fully saturated rings. The van der Waals surface area contributed by atoms with Gasteiger partial charge in [-0.1, -0.05) is 0 Å². The van der Waals surface area contributed by atoms with Crippen LogP contribution in [0, 0.1) is 29.2 Å². The summed E-state index contributed by atoms with van der Waals surface area (Å²) in [7, 11) is -10.8. The Kier molecular flexibility index (Phi) is 18.2. The van der Waals surface area contributed by atoms with Gasteiger partial charge in [0.05, 0.1) is 0 Å². The van der Waals surface area contributed by atoms with Crippen molar-refractivity contribution in [3.8, 4) is 0 Å². The summed E-state index contributed by atoms with van der Waals surface area (Å²) in [4.78, 5) is 51.3. The molecule has 0 bridgehead atoms. The van der Waals surface area contributed by atoms with Gasteiger partial charge in [0.1, 0.15) is 0 Å². The van der Waals surface area contributed by atoms with E-state index in [9.17, 15) is 0 Å². The molecule has 0 aliphatic heterocycles. The maximum atomic E-state index is 8.55. The van der Waals surface area contributed by atoms with Crippen molar-refractivity contribution in [1.82, 2.24) is 0 Å². The molecule has 0 aliphatic carbocycles. The Bertz CT molecular complexity index is 129. The number of hydrogen-bond donors (Lipinski definition) is 0. The zero-order chi connectivity index (χ0) is 9.00. The van der Waals surface area contributed by atoms with Gasteiger partial charge in [0.2, 0.25) is 0 Å². The molecule has 0 N–H and O–H groups in total. The van der Waals surface area contributed by atoms with Crippen molar-refractivity contribution in [2.45, 2.75) is 0 Å². The zero-order valence-electron chi connectivity index (χ0n) is 4.92. The molecule has 0 aromatic heterocycles. The van der Waals surface area contributed by atoms with Gasteiger partial charge in [0.25, 0.3) is 0 Å². The summed E-state index contributed by atoms with van der Waals surface area (Å²) in [6.45, 7) is 0. The number of phosphoric acid groups is 2. The van der Waals surface area contributed by atoms with E-state index in [1.807, 2.05) is 0 Å². The van der Waals surface area contributed by atoms with Crippen LogP contribution in [-0.4, -0.2) is 0 Å². The zero-order valence-corrected chi connectivity index (χ0v) is 11.2. The summed E-state index contributed by atoms with van der Waals surface area (Å²) in [5.74, 6) is 0. The molecule has 0 aliphatic rings. The minimum Gasteiger partial charge on any atom is -0.822 e. The Morgan fingerprint density at radius 3 is 0.667 bits per heavy atom. The first-order valence-electron chi connectivity index (χ1n) is 1.46. The second-order valence-corrected chi connectivity index (χ2v) is 2.68. The maximum absolute atomic E-state index is 8.55. The van der Waals surface area contributed by atoms with Crippen molar-refractivity contribution in [3.05, 3.63) is 0 Å². The molecule has 76 valence electrons. The minimum absolute atomic E-state index is 0. The van der Waals surface area contributed by atoms with Gasteiger partial charge in [-0.3, -0.25) is 0 Å². The maximum Gasteiger partial charge on any atom is 2.00 e. The summed E-state index contributed by atoms with van der Waals surface area (Å²) in [6, 6.07) is 0. The van der Waals surface area contributed by atoms with Gasteiger partial charge in [0, 0.05) is 29.2 Å². The van der Waals surface area contributed by atoms with Gasteiger partial charge in [0.15, 0.2) is 0 Å². The van der Waals surface area contributed by atoms with Gasteiger partial charge in [-0.25, -0.2) is 0 Å². The van der Waals surface area contributed by atoms with E-state index in [-0.39, 0.29) is 46.2 Å². The average Bonchev–Trinajstić information content (AvgIpc) is 1.12. The molecule has 0 radical (unpaired) electrons. The smallest absolute Gasteiger partial charge is 0.822 e. The second-order valence-electron chi connectivity index (χ2n) is 0.894. The topological polar surface area (TPSA) is 172 Å². The summed E-state index contributed by atoms with van der Waals surface area (Å²) in [6.07, 6.45) is 0. The third-order valence-electron chi connectivity index (χ3n) is 0. The molecule has 12 heteroatoms. The minimum atomic E-state index is -5.39. The fraction of sp³-hybridized carbons (Fsp3) is 0. The summed E-state index contributed by atoms with van der Waals surface area (Å²) < 4.78 is 17.1. The van der Waals surface area contributed by atoms with Crippen LogP contribution in [0.4, 0.5) is 0 Å². The van der Waals surface area contributed by atoms with Crippen LogP contribution in [0.5, 0.6) is 0 Å².